The van der Waals surface area contributed by atoms with E-state index in [-0.39, 0.29) is 0 Å². The lowest BCUT2D eigenvalue weighted by Crippen LogP contribution is -2.39. The van der Waals surface area contributed by atoms with Crippen LogP contribution in [0.4, 0.5) is 0 Å². The summed E-state index contributed by atoms with van der Waals surface area (Å²) in [5, 5.41) is 7.43. The molecule has 0 saturated carbocycles. The first-order valence-electron chi connectivity index (χ1n) is 9.70. The maximum atomic E-state index is 11.9. The number of carbonyl (C=O) groups is 1. The molecule has 1 aromatic carbocycles. The highest BCUT2D eigenvalue weighted by Gasteiger charge is 2.26. The van der Waals surface area contributed by atoms with Gasteiger partial charge in [0.1, 0.15) is 0 Å². The number of nitrogens with zero attached hydrogens (tertiary/aromatic N) is 2. The molecule has 1 saturated heterocycles. The summed E-state index contributed by atoms with van der Waals surface area (Å²) in [5.41, 5.74) is 1.21. The number of carbonyl (C=O) groups excluding carboxylic acids is 1. The second kappa shape index (κ2) is 11.1. The number of hydrogen-bond acceptors (Lipinski definition) is 2. The van der Waals surface area contributed by atoms with Crippen molar-refractivity contribution in [3.8, 4) is 0 Å². The molecule has 6 heteroatoms. The summed E-state index contributed by atoms with van der Waals surface area (Å²) in [6.07, 6.45) is 4.48. The number of nitrogens with one attached hydrogen (secondary N) is 2. The van der Waals surface area contributed by atoms with Crippen LogP contribution in [0.15, 0.2) is 29.3 Å². The van der Waals surface area contributed by atoms with Crippen LogP contribution in [0.5, 0.6) is 0 Å². The molecule has 2 rings (SSSR count). The van der Waals surface area contributed by atoms with Crippen LogP contribution in [0, 0.1) is 0 Å². The topological polar surface area (TPSA) is 56.7 Å². The Hall–Kier alpha value is -1.75. The Bertz CT molecular complexity index is 605. The van der Waals surface area contributed by atoms with Crippen molar-refractivity contribution in [3.63, 3.8) is 0 Å². The number of amides is 1. The molecule has 0 aliphatic carbocycles. The molecule has 0 spiro atoms. The molecule has 1 heterocycles. The number of rotatable bonds is 9. The first-order valence-corrected chi connectivity index (χ1v) is 10.1. The SMILES string of the molecule is CCNC(=NCCC(CC)N1CCCC1=O)NCCc1cccc(Cl)c1. The fraction of sp³-hybridized carbons (Fsp3) is 0.600. The first kappa shape index (κ1) is 20.6. The van der Waals surface area contributed by atoms with Crippen LogP contribution >= 0.6 is 11.6 Å². The fourth-order valence-electron chi connectivity index (χ4n) is 3.32. The van der Waals surface area contributed by atoms with Gasteiger partial charge in [-0.15, -0.1) is 0 Å². The molecule has 1 amide bonds. The zero-order valence-electron chi connectivity index (χ0n) is 15.9. The minimum Gasteiger partial charge on any atom is -0.357 e. The highest BCUT2D eigenvalue weighted by molar-refractivity contribution is 6.30. The minimum absolute atomic E-state index is 0.299. The predicted molar refractivity (Wildman–Crippen MR) is 109 cm³/mol. The summed E-state index contributed by atoms with van der Waals surface area (Å²) in [5.74, 6) is 1.13. The van der Waals surface area contributed by atoms with Crippen LogP contribution in [-0.4, -0.2) is 49.0 Å². The summed E-state index contributed by atoms with van der Waals surface area (Å²) in [4.78, 5) is 18.6. The van der Waals surface area contributed by atoms with Crippen molar-refractivity contribution in [1.29, 1.82) is 0 Å². The fourth-order valence-corrected chi connectivity index (χ4v) is 3.53. The normalized spacial score (nSPS) is 16.0. The number of halogens is 1. The van der Waals surface area contributed by atoms with Crippen molar-refractivity contribution in [3.05, 3.63) is 34.9 Å². The van der Waals surface area contributed by atoms with Crippen LogP contribution in [0.25, 0.3) is 0 Å². The van der Waals surface area contributed by atoms with E-state index in [0.717, 1.165) is 62.8 Å². The van der Waals surface area contributed by atoms with Crippen LogP contribution in [-0.2, 0) is 11.2 Å². The molecule has 0 bridgehead atoms. The summed E-state index contributed by atoms with van der Waals surface area (Å²) in [6, 6.07) is 8.24. The number of benzene rings is 1. The van der Waals surface area contributed by atoms with Crippen molar-refractivity contribution < 1.29 is 4.79 Å². The Morgan fingerprint density at radius 1 is 1.35 bits per heavy atom. The lowest BCUT2D eigenvalue weighted by molar-refractivity contribution is -0.129. The van der Waals surface area contributed by atoms with Gasteiger partial charge in [0.05, 0.1) is 0 Å². The van der Waals surface area contributed by atoms with Crippen molar-refractivity contribution in [1.82, 2.24) is 15.5 Å². The van der Waals surface area contributed by atoms with Gasteiger partial charge in [-0.05, 0) is 50.3 Å². The van der Waals surface area contributed by atoms with Gasteiger partial charge in [-0.1, -0.05) is 30.7 Å². The molecule has 26 heavy (non-hydrogen) atoms. The minimum atomic E-state index is 0.299. The largest absolute Gasteiger partial charge is 0.357 e. The lowest BCUT2D eigenvalue weighted by Gasteiger charge is -2.26. The van der Waals surface area contributed by atoms with Crippen LogP contribution < -0.4 is 10.6 Å². The van der Waals surface area contributed by atoms with Gasteiger partial charge in [0.25, 0.3) is 0 Å². The van der Waals surface area contributed by atoms with E-state index in [4.69, 9.17) is 11.6 Å². The van der Waals surface area contributed by atoms with Gasteiger partial charge in [0.15, 0.2) is 5.96 Å². The molecular weight excluding hydrogens is 348 g/mol. The summed E-state index contributed by atoms with van der Waals surface area (Å²) >= 11 is 6.03. The van der Waals surface area contributed by atoms with Crippen LogP contribution in [0.2, 0.25) is 5.02 Å². The molecule has 5 nitrogen and oxygen atoms in total. The van der Waals surface area contributed by atoms with Gasteiger partial charge < -0.3 is 15.5 Å². The summed E-state index contributed by atoms with van der Waals surface area (Å²) in [7, 11) is 0. The van der Waals surface area contributed by atoms with Gasteiger partial charge in [-0.25, -0.2) is 0 Å². The zero-order valence-corrected chi connectivity index (χ0v) is 16.7. The smallest absolute Gasteiger partial charge is 0.222 e. The molecule has 144 valence electrons. The Labute approximate surface area is 162 Å². The van der Waals surface area contributed by atoms with Gasteiger partial charge in [-0.2, -0.15) is 0 Å². The molecule has 1 unspecified atom stereocenters. The monoisotopic (exact) mass is 378 g/mol. The average molecular weight is 379 g/mol. The van der Waals surface area contributed by atoms with E-state index in [1.165, 1.54) is 5.56 Å². The number of guanidine groups is 1. The van der Waals surface area contributed by atoms with E-state index in [9.17, 15) is 4.79 Å². The summed E-state index contributed by atoms with van der Waals surface area (Å²) in [6.45, 7) is 7.45. The van der Waals surface area contributed by atoms with E-state index in [0.29, 0.717) is 18.4 Å². The maximum absolute atomic E-state index is 11.9. The molecule has 1 aliphatic heterocycles. The molecular formula is C20H31ClN4O. The van der Waals surface area contributed by atoms with Gasteiger partial charge in [0, 0.05) is 43.7 Å². The van der Waals surface area contributed by atoms with Gasteiger partial charge in [0.2, 0.25) is 5.91 Å². The van der Waals surface area contributed by atoms with Gasteiger partial charge in [-0.3, -0.25) is 9.79 Å². The average Bonchev–Trinajstić information content (AvgIpc) is 3.04. The quantitative estimate of drug-likeness (QED) is 0.512. The maximum Gasteiger partial charge on any atom is 0.222 e. The Balaban J connectivity index is 1.80. The Morgan fingerprint density at radius 3 is 2.85 bits per heavy atom. The van der Waals surface area contributed by atoms with Crippen LogP contribution in [0.3, 0.4) is 0 Å². The van der Waals surface area contributed by atoms with E-state index >= 15 is 0 Å². The molecule has 1 aliphatic rings. The molecule has 1 atom stereocenters. The predicted octanol–water partition coefficient (Wildman–Crippen LogP) is 3.23. The lowest BCUT2D eigenvalue weighted by atomic mass is 10.1. The van der Waals surface area contributed by atoms with Crippen molar-refractivity contribution in [2.24, 2.45) is 4.99 Å². The second-order valence-electron chi connectivity index (χ2n) is 6.61. The number of hydrogen-bond donors (Lipinski definition) is 2. The molecule has 0 aromatic heterocycles. The van der Waals surface area contributed by atoms with Crippen molar-refractivity contribution in [2.45, 2.75) is 52.0 Å². The molecule has 1 aromatic rings. The van der Waals surface area contributed by atoms with E-state index < -0.39 is 0 Å². The first-order chi connectivity index (χ1) is 12.6. The molecule has 0 radical (unpaired) electrons. The van der Waals surface area contributed by atoms with Crippen LogP contribution in [0.1, 0.15) is 45.1 Å². The Morgan fingerprint density at radius 2 is 2.19 bits per heavy atom. The zero-order chi connectivity index (χ0) is 18.8. The van der Waals surface area contributed by atoms with Gasteiger partial charge >= 0.3 is 0 Å². The number of aliphatic imine (C=N–C) groups is 1. The van der Waals surface area contributed by atoms with E-state index in [2.05, 4.69) is 35.5 Å². The highest BCUT2D eigenvalue weighted by Crippen LogP contribution is 2.18. The third-order valence-corrected chi connectivity index (χ3v) is 4.93. The Kier molecular flexibility index (Phi) is 8.75. The molecule has 1 fully saturated rings. The van der Waals surface area contributed by atoms with Crippen molar-refractivity contribution >= 4 is 23.5 Å². The third-order valence-electron chi connectivity index (χ3n) is 4.69. The standard InChI is InChI=1S/C20H31ClN4O/c1-3-18(25-14-6-9-19(25)26)11-13-24-20(22-4-2)23-12-10-16-7-5-8-17(21)15-16/h5,7-8,15,18H,3-4,6,9-14H2,1-2H3,(H2,22,23,24). The second-order valence-corrected chi connectivity index (χ2v) is 7.05. The van der Waals surface area contributed by atoms with E-state index in [1.54, 1.807) is 0 Å². The van der Waals surface area contributed by atoms with E-state index in [1.807, 2.05) is 23.1 Å². The molecule has 2 N–H and O–H groups in total. The highest BCUT2D eigenvalue weighted by atomic mass is 35.5. The third kappa shape index (κ3) is 6.52. The number of likely N-dealkylation sites (tertiary alicyclic amines) is 1. The van der Waals surface area contributed by atoms with Crippen molar-refractivity contribution in [2.75, 3.05) is 26.2 Å². The summed E-state index contributed by atoms with van der Waals surface area (Å²) < 4.78 is 0.